The second kappa shape index (κ2) is 5.67. The van der Waals surface area contributed by atoms with Crippen molar-refractivity contribution in [1.82, 2.24) is 5.32 Å². The first-order valence-electron chi connectivity index (χ1n) is 5.81. The number of halogens is 1. The van der Waals surface area contributed by atoms with E-state index in [0.29, 0.717) is 0 Å². The molecule has 2 unspecified atom stereocenters. The first-order chi connectivity index (χ1) is 7.77. The number of hydrogen-bond donors (Lipinski definition) is 1. The fourth-order valence-electron chi connectivity index (χ4n) is 2.06. The van der Waals surface area contributed by atoms with Gasteiger partial charge in [0.05, 0.1) is 12.7 Å². The molecule has 0 bridgehead atoms. The Kier molecular flexibility index (Phi) is 4.22. The number of fused-ring (bicyclic) bond motifs is 1. The van der Waals surface area contributed by atoms with Crippen LogP contribution in [0.15, 0.2) is 24.3 Å². The smallest absolute Gasteiger partial charge is 0.0952 e. The summed E-state index contributed by atoms with van der Waals surface area (Å²) >= 11 is 5.89. The summed E-state index contributed by atoms with van der Waals surface area (Å²) in [6.07, 6.45) is 1.21. The molecule has 0 radical (unpaired) electrons. The maximum atomic E-state index is 5.89. The average Bonchev–Trinajstić information content (AvgIpc) is 2.29. The highest BCUT2D eigenvalue weighted by Gasteiger charge is 2.19. The Morgan fingerprint density at radius 1 is 1.50 bits per heavy atom. The highest BCUT2D eigenvalue weighted by atomic mass is 35.5. The van der Waals surface area contributed by atoms with E-state index in [1.54, 1.807) is 0 Å². The third-order valence-corrected chi connectivity index (χ3v) is 3.00. The number of benzene rings is 1. The van der Waals surface area contributed by atoms with E-state index in [0.717, 1.165) is 26.1 Å². The molecular formula is C13H18ClNO. The summed E-state index contributed by atoms with van der Waals surface area (Å²) in [5, 5.41) is 3.50. The van der Waals surface area contributed by atoms with Gasteiger partial charge in [-0.05, 0) is 24.5 Å². The second-order valence-electron chi connectivity index (χ2n) is 4.25. The van der Waals surface area contributed by atoms with Gasteiger partial charge in [-0.15, -0.1) is 11.6 Å². The standard InChI is InChI=1S/C13H18ClNO/c1-10(14)8-15-9-13-12-5-3-2-4-11(12)6-7-16-13/h2-5,10,13,15H,6-9H2,1H3. The van der Waals surface area contributed by atoms with Crippen LogP contribution in [0.1, 0.15) is 24.2 Å². The van der Waals surface area contributed by atoms with Gasteiger partial charge < -0.3 is 10.1 Å². The minimum Gasteiger partial charge on any atom is -0.372 e. The molecule has 0 saturated carbocycles. The van der Waals surface area contributed by atoms with Crippen LogP contribution in [0.25, 0.3) is 0 Å². The molecule has 2 nitrogen and oxygen atoms in total. The third-order valence-electron chi connectivity index (χ3n) is 2.85. The molecule has 1 aromatic rings. The lowest BCUT2D eigenvalue weighted by atomic mass is 9.97. The van der Waals surface area contributed by atoms with E-state index in [2.05, 4.69) is 29.6 Å². The van der Waals surface area contributed by atoms with Crippen molar-refractivity contribution in [3.63, 3.8) is 0 Å². The monoisotopic (exact) mass is 239 g/mol. The first kappa shape index (κ1) is 11.9. The average molecular weight is 240 g/mol. The van der Waals surface area contributed by atoms with Crippen molar-refractivity contribution in [2.45, 2.75) is 24.8 Å². The van der Waals surface area contributed by atoms with Crippen molar-refractivity contribution in [3.05, 3.63) is 35.4 Å². The van der Waals surface area contributed by atoms with Crippen LogP contribution in [0.3, 0.4) is 0 Å². The molecule has 0 saturated heterocycles. The van der Waals surface area contributed by atoms with Crippen molar-refractivity contribution in [1.29, 1.82) is 0 Å². The Balaban J connectivity index is 1.96. The molecule has 0 amide bonds. The summed E-state index contributed by atoms with van der Waals surface area (Å²) < 4.78 is 5.78. The molecule has 2 atom stereocenters. The number of ether oxygens (including phenoxy) is 1. The number of rotatable bonds is 4. The molecule has 1 aliphatic rings. The molecule has 0 aliphatic carbocycles. The predicted molar refractivity (Wildman–Crippen MR) is 67.0 cm³/mol. The molecule has 1 N–H and O–H groups in total. The van der Waals surface area contributed by atoms with E-state index in [1.165, 1.54) is 11.1 Å². The molecule has 2 rings (SSSR count). The fourth-order valence-corrected chi connectivity index (χ4v) is 2.17. The van der Waals surface area contributed by atoms with Gasteiger partial charge in [-0.3, -0.25) is 0 Å². The van der Waals surface area contributed by atoms with Crippen molar-refractivity contribution < 1.29 is 4.74 Å². The van der Waals surface area contributed by atoms with Crippen LogP contribution in [-0.2, 0) is 11.2 Å². The lowest BCUT2D eigenvalue weighted by Crippen LogP contribution is -2.30. The summed E-state index contributed by atoms with van der Waals surface area (Å²) in [6.45, 7) is 4.47. The minimum atomic E-state index is 0.166. The second-order valence-corrected chi connectivity index (χ2v) is 4.99. The van der Waals surface area contributed by atoms with Crippen LogP contribution < -0.4 is 5.32 Å². The van der Waals surface area contributed by atoms with Gasteiger partial charge in [-0.1, -0.05) is 24.3 Å². The van der Waals surface area contributed by atoms with Crippen molar-refractivity contribution >= 4 is 11.6 Å². The van der Waals surface area contributed by atoms with Gasteiger partial charge in [0.1, 0.15) is 0 Å². The highest BCUT2D eigenvalue weighted by molar-refractivity contribution is 6.20. The van der Waals surface area contributed by atoms with Crippen LogP contribution in [0.2, 0.25) is 0 Å². The molecule has 1 aromatic carbocycles. The van der Waals surface area contributed by atoms with Crippen LogP contribution in [0.5, 0.6) is 0 Å². The topological polar surface area (TPSA) is 21.3 Å². The van der Waals surface area contributed by atoms with Crippen LogP contribution >= 0.6 is 11.6 Å². The summed E-state index contributed by atoms with van der Waals surface area (Å²) in [5.74, 6) is 0. The van der Waals surface area contributed by atoms with E-state index < -0.39 is 0 Å². The Morgan fingerprint density at radius 2 is 2.31 bits per heavy atom. The lowest BCUT2D eigenvalue weighted by molar-refractivity contribution is 0.0427. The van der Waals surface area contributed by atoms with E-state index in [9.17, 15) is 0 Å². The Labute approximate surface area is 102 Å². The minimum absolute atomic E-state index is 0.166. The number of alkyl halides is 1. The van der Waals surface area contributed by atoms with Gasteiger partial charge in [0.2, 0.25) is 0 Å². The zero-order valence-corrected chi connectivity index (χ0v) is 10.3. The lowest BCUT2D eigenvalue weighted by Gasteiger charge is -2.26. The third kappa shape index (κ3) is 2.97. The molecule has 1 aliphatic heterocycles. The quantitative estimate of drug-likeness (QED) is 0.816. The van der Waals surface area contributed by atoms with E-state index >= 15 is 0 Å². The molecule has 1 heterocycles. The first-order valence-corrected chi connectivity index (χ1v) is 6.25. The maximum Gasteiger partial charge on any atom is 0.0952 e. The van der Waals surface area contributed by atoms with Crippen molar-refractivity contribution in [2.24, 2.45) is 0 Å². The Hall–Kier alpha value is -0.570. The molecule has 3 heteroatoms. The van der Waals surface area contributed by atoms with Gasteiger partial charge in [0.25, 0.3) is 0 Å². The summed E-state index contributed by atoms with van der Waals surface area (Å²) in [7, 11) is 0. The Morgan fingerprint density at radius 3 is 3.12 bits per heavy atom. The largest absolute Gasteiger partial charge is 0.372 e. The number of hydrogen-bond acceptors (Lipinski definition) is 2. The molecule has 0 aromatic heterocycles. The van der Waals surface area contributed by atoms with Crippen LogP contribution in [0.4, 0.5) is 0 Å². The van der Waals surface area contributed by atoms with Crippen molar-refractivity contribution in [3.8, 4) is 0 Å². The summed E-state index contributed by atoms with van der Waals surface area (Å²) in [4.78, 5) is 0. The van der Waals surface area contributed by atoms with Crippen molar-refractivity contribution in [2.75, 3.05) is 19.7 Å². The predicted octanol–water partition coefficient (Wildman–Crippen LogP) is 2.52. The molecule has 0 fully saturated rings. The zero-order valence-electron chi connectivity index (χ0n) is 9.58. The molecule has 16 heavy (non-hydrogen) atoms. The Bertz CT molecular complexity index is 340. The van der Waals surface area contributed by atoms with E-state index in [1.807, 2.05) is 6.92 Å². The normalized spacial score (nSPS) is 21.5. The summed E-state index contributed by atoms with van der Waals surface area (Å²) in [6, 6.07) is 8.51. The van der Waals surface area contributed by atoms with Crippen LogP contribution in [-0.4, -0.2) is 25.1 Å². The van der Waals surface area contributed by atoms with E-state index in [-0.39, 0.29) is 11.5 Å². The zero-order chi connectivity index (χ0) is 11.4. The van der Waals surface area contributed by atoms with Crippen LogP contribution in [0, 0.1) is 0 Å². The van der Waals surface area contributed by atoms with Gasteiger partial charge >= 0.3 is 0 Å². The summed E-state index contributed by atoms with van der Waals surface area (Å²) in [5.41, 5.74) is 2.74. The van der Waals surface area contributed by atoms with Gasteiger partial charge in [-0.2, -0.15) is 0 Å². The van der Waals surface area contributed by atoms with Gasteiger partial charge in [-0.25, -0.2) is 0 Å². The molecular weight excluding hydrogens is 222 g/mol. The van der Waals surface area contributed by atoms with Gasteiger partial charge in [0.15, 0.2) is 0 Å². The molecule has 88 valence electrons. The van der Waals surface area contributed by atoms with E-state index in [4.69, 9.17) is 16.3 Å². The molecule has 0 spiro atoms. The SMILES string of the molecule is CC(Cl)CNCC1OCCc2ccccc21. The fraction of sp³-hybridized carbons (Fsp3) is 0.538. The number of nitrogens with one attached hydrogen (secondary N) is 1. The highest BCUT2D eigenvalue weighted by Crippen LogP contribution is 2.26. The van der Waals surface area contributed by atoms with Gasteiger partial charge in [0, 0.05) is 18.5 Å². The maximum absolute atomic E-state index is 5.89.